The molecule has 0 radical (unpaired) electrons. The van der Waals surface area contributed by atoms with E-state index in [0.717, 1.165) is 16.0 Å². The van der Waals surface area contributed by atoms with E-state index in [4.69, 9.17) is 16.3 Å². The molecule has 1 atom stereocenters. The van der Waals surface area contributed by atoms with Crippen LogP contribution in [0.3, 0.4) is 0 Å². The Morgan fingerprint density at radius 3 is 2.78 bits per heavy atom. The van der Waals surface area contributed by atoms with Crippen molar-refractivity contribution in [3.63, 3.8) is 0 Å². The van der Waals surface area contributed by atoms with Gasteiger partial charge in [0.05, 0.1) is 18.7 Å². The Morgan fingerprint density at radius 1 is 1.26 bits per heavy atom. The largest absolute Gasteiger partial charge is 0.495 e. The van der Waals surface area contributed by atoms with Crippen molar-refractivity contribution in [1.82, 2.24) is 10.2 Å². The Balaban J connectivity index is 1.59. The van der Waals surface area contributed by atoms with Crippen LogP contribution < -0.4 is 10.1 Å². The Morgan fingerprint density at radius 2 is 2.04 bits per heavy atom. The number of carbonyl (C=O) groups is 3. The molecule has 2 aliphatic rings. The van der Waals surface area contributed by atoms with Crippen molar-refractivity contribution in [3.05, 3.63) is 64.2 Å². The number of methoxy groups -OCH3 is 1. The standard InChI is InChI=1S/C20H17ClN2O4/c1-27-17-7-6-13(10-15(17)21)16(24)11-23-18(25)20(22-19(23)26)9-8-12-4-2-3-5-14(12)20/h2-7,10H,8-9,11H2,1H3,(H,22,26)/t20-/m0/s1. The number of benzene rings is 2. The van der Waals surface area contributed by atoms with Crippen molar-refractivity contribution in [2.75, 3.05) is 13.7 Å². The van der Waals surface area contributed by atoms with Gasteiger partial charge in [0.25, 0.3) is 5.91 Å². The molecule has 1 heterocycles. The molecule has 2 aromatic rings. The highest BCUT2D eigenvalue weighted by molar-refractivity contribution is 6.32. The first kappa shape index (κ1) is 17.5. The number of carbonyl (C=O) groups excluding carboxylic acids is 3. The summed E-state index contributed by atoms with van der Waals surface area (Å²) in [6.45, 7) is -0.336. The highest BCUT2D eigenvalue weighted by Gasteiger charge is 2.55. The van der Waals surface area contributed by atoms with E-state index in [1.165, 1.54) is 13.2 Å². The number of fused-ring (bicyclic) bond motifs is 2. The SMILES string of the molecule is COc1ccc(C(=O)CN2C(=O)N[C@]3(CCc4ccccc43)C2=O)cc1Cl. The van der Waals surface area contributed by atoms with Crippen LogP contribution in [0.2, 0.25) is 5.02 Å². The Labute approximate surface area is 161 Å². The van der Waals surface area contributed by atoms with E-state index in [0.29, 0.717) is 29.2 Å². The lowest BCUT2D eigenvalue weighted by Crippen LogP contribution is -2.42. The van der Waals surface area contributed by atoms with Crippen molar-refractivity contribution < 1.29 is 19.1 Å². The molecule has 0 aromatic heterocycles. The topological polar surface area (TPSA) is 75.7 Å². The molecule has 7 heteroatoms. The second kappa shape index (κ2) is 6.39. The molecule has 27 heavy (non-hydrogen) atoms. The zero-order chi connectivity index (χ0) is 19.2. The lowest BCUT2D eigenvalue weighted by Gasteiger charge is -2.22. The van der Waals surface area contributed by atoms with Crippen molar-refractivity contribution in [3.8, 4) is 5.75 Å². The van der Waals surface area contributed by atoms with Crippen molar-refractivity contribution in [2.24, 2.45) is 0 Å². The molecular weight excluding hydrogens is 368 g/mol. The molecule has 4 rings (SSSR count). The summed E-state index contributed by atoms with van der Waals surface area (Å²) < 4.78 is 5.07. The molecule has 0 saturated carbocycles. The molecule has 1 N–H and O–H groups in total. The summed E-state index contributed by atoms with van der Waals surface area (Å²) in [6, 6.07) is 11.6. The molecule has 2 aromatic carbocycles. The molecule has 3 amide bonds. The van der Waals surface area contributed by atoms with Crippen LogP contribution in [-0.2, 0) is 16.8 Å². The maximum Gasteiger partial charge on any atom is 0.325 e. The van der Waals surface area contributed by atoms with E-state index >= 15 is 0 Å². The molecule has 1 aliphatic heterocycles. The van der Waals surface area contributed by atoms with E-state index in [1.54, 1.807) is 12.1 Å². The Bertz CT molecular complexity index is 974. The second-order valence-corrected chi connectivity index (χ2v) is 7.06. The number of amides is 3. The van der Waals surface area contributed by atoms with Crippen LogP contribution in [0.25, 0.3) is 0 Å². The fraction of sp³-hybridized carbons (Fsp3) is 0.250. The first-order valence-electron chi connectivity index (χ1n) is 8.55. The molecule has 0 unspecified atom stereocenters. The van der Waals surface area contributed by atoms with E-state index in [2.05, 4.69) is 5.32 Å². The molecule has 1 fully saturated rings. The number of nitrogens with one attached hydrogen (secondary N) is 1. The average molecular weight is 385 g/mol. The summed E-state index contributed by atoms with van der Waals surface area (Å²) >= 11 is 6.07. The summed E-state index contributed by atoms with van der Waals surface area (Å²) in [7, 11) is 1.48. The number of ketones is 1. The number of hydrogen-bond acceptors (Lipinski definition) is 4. The molecule has 1 aliphatic carbocycles. The van der Waals surface area contributed by atoms with Gasteiger partial charge in [-0.1, -0.05) is 35.9 Å². The molecule has 0 bridgehead atoms. The first-order valence-corrected chi connectivity index (χ1v) is 8.93. The predicted octanol–water partition coefficient (Wildman–Crippen LogP) is 2.92. The summed E-state index contributed by atoms with van der Waals surface area (Å²) in [5.41, 5.74) is 1.10. The minimum atomic E-state index is -1.06. The highest BCUT2D eigenvalue weighted by Crippen LogP contribution is 2.41. The van der Waals surface area contributed by atoms with E-state index in [1.807, 2.05) is 24.3 Å². The smallest absolute Gasteiger partial charge is 0.325 e. The van der Waals surface area contributed by atoms with Crippen LogP contribution in [0.1, 0.15) is 27.9 Å². The number of rotatable bonds is 4. The molecular formula is C20H17ClN2O4. The summed E-state index contributed by atoms with van der Waals surface area (Å²) in [6.07, 6.45) is 1.20. The first-order chi connectivity index (χ1) is 13.0. The fourth-order valence-electron chi connectivity index (χ4n) is 3.81. The van der Waals surface area contributed by atoms with Gasteiger partial charge in [-0.15, -0.1) is 0 Å². The number of Topliss-reactive ketones (excluding diaryl/α,β-unsaturated/α-hetero) is 1. The number of imide groups is 1. The molecule has 1 saturated heterocycles. The zero-order valence-corrected chi connectivity index (χ0v) is 15.4. The minimum absolute atomic E-state index is 0.293. The summed E-state index contributed by atoms with van der Waals surface area (Å²) in [5, 5.41) is 3.10. The van der Waals surface area contributed by atoms with E-state index in [9.17, 15) is 14.4 Å². The van der Waals surface area contributed by atoms with E-state index in [-0.39, 0.29) is 18.2 Å². The van der Waals surface area contributed by atoms with Gasteiger partial charge in [-0.3, -0.25) is 14.5 Å². The van der Waals surface area contributed by atoms with Crippen LogP contribution in [0.4, 0.5) is 4.79 Å². The lowest BCUT2D eigenvalue weighted by molar-refractivity contribution is -0.131. The van der Waals surface area contributed by atoms with Gasteiger partial charge in [-0.05, 0) is 42.2 Å². The lowest BCUT2D eigenvalue weighted by atomic mass is 9.92. The number of halogens is 1. The van der Waals surface area contributed by atoms with Gasteiger partial charge >= 0.3 is 6.03 Å². The van der Waals surface area contributed by atoms with E-state index < -0.39 is 11.6 Å². The summed E-state index contributed by atoms with van der Waals surface area (Å²) in [5.74, 6) is -0.304. The quantitative estimate of drug-likeness (QED) is 0.649. The predicted molar refractivity (Wildman–Crippen MR) is 99.0 cm³/mol. The number of urea groups is 1. The number of nitrogens with zero attached hydrogens (tertiary/aromatic N) is 1. The van der Waals surface area contributed by atoms with Gasteiger partial charge in [0.15, 0.2) is 5.78 Å². The number of hydrogen-bond donors (Lipinski definition) is 1. The average Bonchev–Trinajstić information content (AvgIpc) is 3.15. The maximum absolute atomic E-state index is 13.1. The Hall–Kier alpha value is -2.86. The van der Waals surface area contributed by atoms with Crippen LogP contribution in [0.15, 0.2) is 42.5 Å². The van der Waals surface area contributed by atoms with Gasteiger partial charge < -0.3 is 10.1 Å². The van der Waals surface area contributed by atoms with Crippen molar-refractivity contribution in [2.45, 2.75) is 18.4 Å². The van der Waals surface area contributed by atoms with Crippen LogP contribution in [0, 0.1) is 0 Å². The zero-order valence-electron chi connectivity index (χ0n) is 14.6. The van der Waals surface area contributed by atoms with Gasteiger partial charge in [0.2, 0.25) is 0 Å². The van der Waals surface area contributed by atoms with Crippen LogP contribution >= 0.6 is 11.6 Å². The number of ether oxygens (including phenoxy) is 1. The second-order valence-electron chi connectivity index (χ2n) is 6.66. The van der Waals surface area contributed by atoms with Crippen LogP contribution in [-0.4, -0.2) is 36.3 Å². The molecule has 1 spiro atoms. The third-order valence-electron chi connectivity index (χ3n) is 5.20. The van der Waals surface area contributed by atoms with Gasteiger partial charge in [-0.2, -0.15) is 0 Å². The number of aryl methyl sites for hydroxylation is 1. The third-order valence-corrected chi connectivity index (χ3v) is 5.49. The fourth-order valence-corrected chi connectivity index (χ4v) is 4.07. The van der Waals surface area contributed by atoms with Crippen LogP contribution in [0.5, 0.6) is 5.75 Å². The monoisotopic (exact) mass is 384 g/mol. The third kappa shape index (κ3) is 2.68. The van der Waals surface area contributed by atoms with Crippen molar-refractivity contribution >= 4 is 29.3 Å². The minimum Gasteiger partial charge on any atom is -0.495 e. The Kier molecular flexibility index (Phi) is 4.15. The highest BCUT2D eigenvalue weighted by atomic mass is 35.5. The molecule has 138 valence electrons. The maximum atomic E-state index is 13.1. The normalized spacial score (nSPS) is 20.7. The van der Waals surface area contributed by atoms with Gasteiger partial charge in [0.1, 0.15) is 11.3 Å². The van der Waals surface area contributed by atoms with Gasteiger partial charge in [0, 0.05) is 5.56 Å². The molecule has 6 nitrogen and oxygen atoms in total. The summed E-state index contributed by atoms with van der Waals surface area (Å²) in [4.78, 5) is 39.2. The van der Waals surface area contributed by atoms with Crippen molar-refractivity contribution in [1.29, 1.82) is 0 Å². The van der Waals surface area contributed by atoms with Gasteiger partial charge in [-0.25, -0.2) is 4.79 Å².